The molecule has 0 radical (unpaired) electrons. The molecule has 0 spiro atoms. The molecule has 0 aromatic heterocycles. The molecule has 1 saturated carbocycles. The number of benzene rings is 1. The van der Waals surface area contributed by atoms with Gasteiger partial charge in [0.2, 0.25) is 0 Å². The average molecular weight is 190 g/mol. The van der Waals surface area contributed by atoms with E-state index in [1.807, 2.05) is 24.3 Å². The van der Waals surface area contributed by atoms with Crippen molar-refractivity contribution < 1.29 is 4.79 Å². The lowest BCUT2D eigenvalue weighted by Crippen LogP contribution is -2.20. The SMILES string of the molecule is CNC(=O)c1ccc(C2(N)CC2)cc1. The number of nitrogens with one attached hydrogen (secondary N) is 1. The Bertz CT molecular complexity index is 352. The molecule has 1 aliphatic carbocycles. The second-order valence-electron chi connectivity index (χ2n) is 3.81. The highest BCUT2D eigenvalue weighted by atomic mass is 16.1. The van der Waals surface area contributed by atoms with Gasteiger partial charge in [-0.1, -0.05) is 12.1 Å². The maximum atomic E-state index is 11.2. The van der Waals surface area contributed by atoms with Crippen LogP contribution in [0.2, 0.25) is 0 Å². The van der Waals surface area contributed by atoms with E-state index in [4.69, 9.17) is 5.73 Å². The lowest BCUT2D eigenvalue weighted by Gasteiger charge is -2.09. The maximum absolute atomic E-state index is 11.2. The minimum absolute atomic E-state index is 0.0570. The Labute approximate surface area is 83.3 Å². The highest BCUT2D eigenvalue weighted by molar-refractivity contribution is 5.93. The van der Waals surface area contributed by atoms with E-state index in [0.29, 0.717) is 5.56 Å². The molecule has 1 aliphatic rings. The van der Waals surface area contributed by atoms with Crippen molar-refractivity contribution in [3.8, 4) is 0 Å². The Morgan fingerprint density at radius 3 is 2.36 bits per heavy atom. The molecule has 0 atom stereocenters. The molecular weight excluding hydrogens is 176 g/mol. The average Bonchev–Trinajstić information content (AvgIpc) is 2.97. The molecule has 74 valence electrons. The third-order valence-corrected chi connectivity index (χ3v) is 2.74. The Hall–Kier alpha value is -1.35. The highest BCUT2D eigenvalue weighted by Gasteiger charge is 2.39. The zero-order valence-corrected chi connectivity index (χ0v) is 8.21. The van der Waals surface area contributed by atoms with Gasteiger partial charge in [0.15, 0.2) is 0 Å². The molecule has 3 nitrogen and oxygen atoms in total. The van der Waals surface area contributed by atoms with Crippen molar-refractivity contribution >= 4 is 5.91 Å². The summed E-state index contributed by atoms with van der Waals surface area (Å²) in [5.74, 6) is -0.0570. The van der Waals surface area contributed by atoms with Crippen LogP contribution in [0, 0.1) is 0 Å². The number of nitrogens with two attached hydrogens (primary N) is 1. The molecule has 0 heterocycles. The summed E-state index contributed by atoms with van der Waals surface area (Å²) in [4.78, 5) is 11.2. The lowest BCUT2D eigenvalue weighted by atomic mass is 10.0. The number of hydrogen-bond donors (Lipinski definition) is 2. The first-order valence-corrected chi connectivity index (χ1v) is 4.77. The van der Waals surface area contributed by atoms with Crippen LogP contribution in [0.5, 0.6) is 0 Å². The number of hydrogen-bond acceptors (Lipinski definition) is 2. The summed E-state index contributed by atoms with van der Waals surface area (Å²) >= 11 is 0. The van der Waals surface area contributed by atoms with Crippen LogP contribution in [0.3, 0.4) is 0 Å². The quantitative estimate of drug-likeness (QED) is 0.730. The standard InChI is InChI=1S/C11H14N2O/c1-13-10(14)8-2-4-9(5-3-8)11(12)6-7-11/h2-5H,6-7,12H2,1H3,(H,13,14). The molecule has 1 fully saturated rings. The van der Waals surface area contributed by atoms with Crippen LogP contribution < -0.4 is 11.1 Å². The van der Waals surface area contributed by atoms with Gasteiger partial charge in [-0.25, -0.2) is 0 Å². The zero-order chi connectivity index (χ0) is 10.2. The fourth-order valence-corrected chi connectivity index (χ4v) is 1.52. The third kappa shape index (κ3) is 1.51. The van der Waals surface area contributed by atoms with E-state index in [1.54, 1.807) is 7.05 Å². The van der Waals surface area contributed by atoms with Crippen LogP contribution >= 0.6 is 0 Å². The van der Waals surface area contributed by atoms with Crippen LogP contribution in [0.15, 0.2) is 24.3 Å². The van der Waals surface area contributed by atoms with E-state index < -0.39 is 0 Å². The fourth-order valence-electron chi connectivity index (χ4n) is 1.52. The topological polar surface area (TPSA) is 55.1 Å². The van der Waals surface area contributed by atoms with Crippen LogP contribution in [-0.4, -0.2) is 13.0 Å². The summed E-state index contributed by atoms with van der Waals surface area (Å²) in [5.41, 5.74) is 7.73. The minimum Gasteiger partial charge on any atom is -0.355 e. The van der Waals surface area contributed by atoms with Crippen molar-refractivity contribution in [2.45, 2.75) is 18.4 Å². The first-order valence-electron chi connectivity index (χ1n) is 4.77. The Kier molecular flexibility index (Phi) is 2.04. The van der Waals surface area contributed by atoms with E-state index in [2.05, 4.69) is 5.32 Å². The Morgan fingerprint density at radius 2 is 1.93 bits per heavy atom. The molecule has 14 heavy (non-hydrogen) atoms. The zero-order valence-electron chi connectivity index (χ0n) is 8.21. The van der Waals surface area contributed by atoms with Crippen molar-refractivity contribution in [2.24, 2.45) is 5.73 Å². The van der Waals surface area contributed by atoms with E-state index in [9.17, 15) is 4.79 Å². The Morgan fingerprint density at radius 1 is 1.36 bits per heavy atom. The van der Waals surface area contributed by atoms with Gasteiger partial charge in [0.05, 0.1) is 0 Å². The van der Waals surface area contributed by atoms with Gasteiger partial charge in [-0.2, -0.15) is 0 Å². The first kappa shape index (κ1) is 9.21. The summed E-state index contributed by atoms with van der Waals surface area (Å²) in [6.07, 6.45) is 2.10. The molecule has 0 unspecified atom stereocenters. The van der Waals surface area contributed by atoms with Crippen molar-refractivity contribution in [3.63, 3.8) is 0 Å². The highest BCUT2D eigenvalue weighted by Crippen LogP contribution is 2.42. The van der Waals surface area contributed by atoms with Gasteiger partial charge in [0, 0.05) is 18.2 Å². The van der Waals surface area contributed by atoms with Gasteiger partial charge in [-0.05, 0) is 30.5 Å². The van der Waals surface area contributed by atoms with Crippen molar-refractivity contribution in [1.82, 2.24) is 5.32 Å². The second kappa shape index (κ2) is 3.10. The first-order chi connectivity index (χ1) is 6.65. The van der Waals surface area contributed by atoms with E-state index >= 15 is 0 Å². The summed E-state index contributed by atoms with van der Waals surface area (Å²) < 4.78 is 0. The normalized spacial score (nSPS) is 17.6. The molecule has 1 aromatic carbocycles. The second-order valence-corrected chi connectivity index (χ2v) is 3.81. The van der Waals surface area contributed by atoms with E-state index in [-0.39, 0.29) is 11.4 Å². The number of carbonyl (C=O) groups is 1. The van der Waals surface area contributed by atoms with Gasteiger partial charge in [0.1, 0.15) is 0 Å². The van der Waals surface area contributed by atoms with Crippen molar-refractivity contribution in [3.05, 3.63) is 35.4 Å². The molecule has 1 aromatic rings. The fraction of sp³-hybridized carbons (Fsp3) is 0.364. The molecule has 2 rings (SSSR count). The van der Waals surface area contributed by atoms with Gasteiger partial charge < -0.3 is 11.1 Å². The molecule has 0 bridgehead atoms. The molecule has 3 heteroatoms. The molecule has 1 amide bonds. The lowest BCUT2D eigenvalue weighted by molar-refractivity contribution is 0.0963. The summed E-state index contributed by atoms with van der Waals surface area (Å²) in [6, 6.07) is 7.53. The minimum atomic E-state index is -0.110. The molecule has 0 aliphatic heterocycles. The summed E-state index contributed by atoms with van der Waals surface area (Å²) in [6.45, 7) is 0. The monoisotopic (exact) mass is 190 g/mol. The van der Waals surface area contributed by atoms with Crippen LogP contribution in [0.4, 0.5) is 0 Å². The van der Waals surface area contributed by atoms with Gasteiger partial charge in [-0.3, -0.25) is 4.79 Å². The summed E-state index contributed by atoms with van der Waals surface area (Å²) in [5, 5.41) is 2.58. The number of rotatable bonds is 2. The van der Waals surface area contributed by atoms with Crippen LogP contribution in [-0.2, 0) is 5.54 Å². The van der Waals surface area contributed by atoms with Crippen molar-refractivity contribution in [1.29, 1.82) is 0 Å². The summed E-state index contributed by atoms with van der Waals surface area (Å²) in [7, 11) is 1.63. The van der Waals surface area contributed by atoms with Gasteiger partial charge in [-0.15, -0.1) is 0 Å². The van der Waals surface area contributed by atoms with Crippen LogP contribution in [0.1, 0.15) is 28.8 Å². The predicted octanol–water partition coefficient (Wildman–Crippen LogP) is 0.994. The van der Waals surface area contributed by atoms with E-state index in [1.165, 1.54) is 0 Å². The van der Waals surface area contributed by atoms with Crippen molar-refractivity contribution in [2.75, 3.05) is 7.05 Å². The third-order valence-electron chi connectivity index (χ3n) is 2.74. The van der Waals surface area contributed by atoms with Gasteiger partial charge in [0.25, 0.3) is 5.91 Å². The van der Waals surface area contributed by atoms with Gasteiger partial charge >= 0.3 is 0 Å². The number of amides is 1. The molecule has 3 N–H and O–H groups in total. The molecule has 0 saturated heterocycles. The maximum Gasteiger partial charge on any atom is 0.251 e. The predicted molar refractivity (Wildman–Crippen MR) is 54.9 cm³/mol. The largest absolute Gasteiger partial charge is 0.355 e. The smallest absolute Gasteiger partial charge is 0.251 e. The number of carbonyl (C=O) groups excluding carboxylic acids is 1. The van der Waals surface area contributed by atoms with Crippen LogP contribution in [0.25, 0.3) is 0 Å². The molecular formula is C11H14N2O. The van der Waals surface area contributed by atoms with E-state index in [0.717, 1.165) is 18.4 Å². The Balaban J connectivity index is 2.22.